The first-order valence-corrected chi connectivity index (χ1v) is 5.24. The Balaban J connectivity index is 2.19. The van der Waals surface area contributed by atoms with Gasteiger partial charge >= 0.3 is 92.5 Å². The summed E-state index contributed by atoms with van der Waals surface area (Å²) in [5.41, 5.74) is 1.18. The molecule has 0 aromatic heterocycles. The summed E-state index contributed by atoms with van der Waals surface area (Å²) in [6.07, 6.45) is 0. The van der Waals surface area contributed by atoms with Crippen LogP contribution in [-0.4, -0.2) is 17.8 Å². The summed E-state index contributed by atoms with van der Waals surface area (Å²) in [5, 5.41) is 0. The van der Waals surface area contributed by atoms with Gasteiger partial charge in [-0.05, 0) is 0 Å². The summed E-state index contributed by atoms with van der Waals surface area (Å²) in [4.78, 5) is 0. The summed E-state index contributed by atoms with van der Waals surface area (Å²) in [6, 6.07) is 10.1. The Hall–Kier alpha value is -0.458. The van der Waals surface area contributed by atoms with Crippen molar-refractivity contribution in [1.82, 2.24) is 0 Å². The Kier molecular flexibility index (Phi) is 5.74. The van der Waals surface area contributed by atoms with Crippen molar-refractivity contribution in [1.29, 1.82) is 0 Å². The number of rotatable bonds is 6. The van der Waals surface area contributed by atoms with E-state index in [-0.39, 0.29) is 0 Å². The van der Waals surface area contributed by atoms with Crippen molar-refractivity contribution < 1.29 is 25.3 Å². The average molecular weight is 230 g/mol. The van der Waals surface area contributed by atoms with Crippen LogP contribution in [0.4, 0.5) is 0 Å². The number of benzene rings is 1. The van der Waals surface area contributed by atoms with Crippen molar-refractivity contribution in [3.05, 3.63) is 35.9 Å². The van der Waals surface area contributed by atoms with Crippen LogP contribution in [0.3, 0.4) is 0 Å². The fraction of sp³-hybridized carbons (Fsp3) is 0.364. The summed E-state index contributed by atoms with van der Waals surface area (Å²) in [5.74, 6) is 0. The SMILES string of the molecule is CCO[C](=[Cr])COCc1ccccc1. The Labute approximate surface area is 92.8 Å². The molecular formula is C11H14CrO2. The van der Waals surface area contributed by atoms with Gasteiger partial charge in [-0.2, -0.15) is 0 Å². The van der Waals surface area contributed by atoms with Crippen LogP contribution in [-0.2, 0) is 31.9 Å². The summed E-state index contributed by atoms with van der Waals surface area (Å²) >= 11 is 2.83. The van der Waals surface area contributed by atoms with E-state index in [0.29, 0.717) is 19.8 Å². The molecule has 0 amide bonds. The third-order valence-electron chi connectivity index (χ3n) is 1.64. The number of hydrogen-bond acceptors (Lipinski definition) is 2. The fourth-order valence-corrected chi connectivity index (χ4v) is 1.34. The molecule has 0 saturated heterocycles. The summed E-state index contributed by atoms with van der Waals surface area (Å²) < 4.78 is 11.5. The molecule has 0 N–H and O–H groups in total. The second-order valence-corrected chi connectivity index (χ2v) is 3.49. The average Bonchev–Trinajstić information content (AvgIpc) is 2.20. The molecule has 0 spiro atoms. The number of hydrogen-bond donors (Lipinski definition) is 0. The predicted molar refractivity (Wildman–Crippen MR) is 52.7 cm³/mol. The maximum atomic E-state index is 5.44. The minimum absolute atomic E-state index is 0.517. The minimum atomic E-state index is 0.517. The second-order valence-electron chi connectivity index (χ2n) is 2.78. The summed E-state index contributed by atoms with van der Waals surface area (Å²) in [7, 11) is 0. The molecule has 0 saturated carbocycles. The van der Waals surface area contributed by atoms with Crippen LogP contribution in [0, 0.1) is 0 Å². The van der Waals surface area contributed by atoms with Crippen LogP contribution in [0.25, 0.3) is 0 Å². The monoisotopic (exact) mass is 230 g/mol. The Morgan fingerprint density at radius 2 is 2.00 bits per heavy atom. The van der Waals surface area contributed by atoms with Gasteiger partial charge in [-0.1, -0.05) is 0 Å². The molecule has 1 rings (SSSR count). The first-order chi connectivity index (χ1) is 6.83. The maximum absolute atomic E-state index is 5.44. The van der Waals surface area contributed by atoms with E-state index in [1.165, 1.54) is 5.56 Å². The van der Waals surface area contributed by atoms with E-state index in [4.69, 9.17) is 9.47 Å². The molecule has 0 radical (unpaired) electrons. The molecule has 0 aliphatic heterocycles. The quantitative estimate of drug-likeness (QED) is 0.743. The van der Waals surface area contributed by atoms with Gasteiger partial charge in [0.15, 0.2) is 0 Å². The van der Waals surface area contributed by atoms with Gasteiger partial charge in [0.1, 0.15) is 0 Å². The molecule has 0 aliphatic carbocycles. The van der Waals surface area contributed by atoms with Crippen LogP contribution >= 0.6 is 0 Å². The van der Waals surface area contributed by atoms with Crippen molar-refractivity contribution >= 4 is 4.57 Å². The van der Waals surface area contributed by atoms with Gasteiger partial charge < -0.3 is 0 Å². The standard InChI is InChI=1S/C11H14O2.Cr/c1-2-12-8-9-13-10-11-6-4-3-5-7-11;/h3-7H,2,9-10H2,1H3;. The van der Waals surface area contributed by atoms with Crippen LogP contribution in [0.2, 0.25) is 0 Å². The summed E-state index contributed by atoms with van der Waals surface area (Å²) in [6.45, 7) is 3.77. The molecule has 0 atom stereocenters. The van der Waals surface area contributed by atoms with Crippen molar-refractivity contribution in [2.24, 2.45) is 0 Å². The van der Waals surface area contributed by atoms with E-state index >= 15 is 0 Å². The van der Waals surface area contributed by atoms with Gasteiger partial charge in [0.05, 0.1) is 0 Å². The Morgan fingerprint density at radius 3 is 2.64 bits per heavy atom. The van der Waals surface area contributed by atoms with E-state index in [2.05, 4.69) is 15.9 Å². The second kappa shape index (κ2) is 6.92. The Bertz CT molecular complexity index is 272. The zero-order valence-corrected chi connectivity index (χ0v) is 9.51. The van der Waals surface area contributed by atoms with E-state index in [9.17, 15) is 0 Å². The van der Waals surface area contributed by atoms with Gasteiger partial charge in [-0.3, -0.25) is 0 Å². The molecule has 14 heavy (non-hydrogen) atoms. The molecule has 3 heteroatoms. The van der Waals surface area contributed by atoms with Gasteiger partial charge in [0.25, 0.3) is 0 Å². The molecule has 0 fully saturated rings. The molecule has 2 nitrogen and oxygen atoms in total. The van der Waals surface area contributed by atoms with E-state index in [1.54, 1.807) is 0 Å². The normalized spacial score (nSPS) is 10.1. The molecule has 1 aromatic carbocycles. The zero-order valence-electron chi connectivity index (χ0n) is 8.23. The van der Waals surface area contributed by atoms with E-state index in [1.807, 2.05) is 37.3 Å². The Morgan fingerprint density at radius 1 is 1.29 bits per heavy atom. The molecule has 1 aromatic rings. The third kappa shape index (κ3) is 4.69. The first-order valence-electron chi connectivity index (χ1n) is 4.60. The van der Waals surface area contributed by atoms with Gasteiger partial charge in [-0.15, -0.1) is 0 Å². The first kappa shape index (κ1) is 11.6. The van der Waals surface area contributed by atoms with Crippen LogP contribution in [0.5, 0.6) is 0 Å². The van der Waals surface area contributed by atoms with Gasteiger partial charge in [0, 0.05) is 0 Å². The van der Waals surface area contributed by atoms with Gasteiger partial charge in [0.2, 0.25) is 0 Å². The topological polar surface area (TPSA) is 18.5 Å². The molecule has 0 heterocycles. The van der Waals surface area contributed by atoms with Crippen molar-refractivity contribution in [3.63, 3.8) is 0 Å². The van der Waals surface area contributed by atoms with Crippen molar-refractivity contribution in [2.75, 3.05) is 13.2 Å². The number of ether oxygens (including phenoxy) is 2. The van der Waals surface area contributed by atoms with Crippen LogP contribution < -0.4 is 0 Å². The predicted octanol–water partition coefficient (Wildman–Crippen LogP) is 1.92. The molecule has 76 valence electrons. The molecular weight excluding hydrogens is 216 g/mol. The molecule has 0 unspecified atom stereocenters. The van der Waals surface area contributed by atoms with Gasteiger partial charge in [-0.25, -0.2) is 0 Å². The van der Waals surface area contributed by atoms with E-state index in [0.717, 1.165) is 4.57 Å². The molecule has 0 bridgehead atoms. The fourth-order valence-electron chi connectivity index (χ4n) is 1.03. The third-order valence-corrected chi connectivity index (χ3v) is 2.00. The zero-order chi connectivity index (χ0) is 10.2. The van der Waals surface area contributed by atoms with E-state index < -0.39 is 0 Å². The van der Waals surface area contributed by atoms with Crippen LogP contribution in [0.15, 0.2) is 30.3 Å². The van der Waals surface area contributed by atoms with Crippen molar-refractivity contribution in [2.45, 2.75) is 13.5 Å². The molecule has 0 aliphatic rings. The van der Waals surface area contributed by atoms with Crippen molar-refractivity contribution in [3.8, 4) is 0 Å². The van der Waals surface area contributed by atoms with Crippen LogP contribution in [0.1, 0.15) is 12.5 Å².